The summed E-state index contributed by atoms with van der Waals surface area (Å²) in [5.74, 6) is 1.30. The third-order valence-electron chi connectivity index (χ3n) is 2.87. The van der Waals surface area contributed by atoms with Gasteiger partial charge in [-0.15, -0.1) is 0 Å². The molecule has 3 aromatic rings. The topological polar surface area (TPSA) is 77.8 Å². The summed E-state index contributed by atoms with van der Waals surface area (Å²) in [5.41, 5.74) is 9.95. The molecular weight excluding hydrogens is 240 g/mol. The van der Waals surface area contributed by atoms with Crippen LogP contribution in [-0.4, -0.2) is 15.0 Å². The Morgan fingerprint density at radius 1 is 1.11 bits per heavy atom. The van der Waals surface area contributed by atoms with Gasteiger partial charge in [-0.05, 0) is 25.1 Å². The number of hydrogen-bond acceptors (Lipinski definition) is 5. The molecule has 1 aromatic carbocycles. The Hall–Kier alpha value is -2.27. The van der Waals surface area contributed by atoms with E-state index in [1.165, 1.54) is 0 Å². The van der Waals surface area contributed by atoms with Gasteiger partial charge in [-0.3, -0.25) is 0 Å². The first-order valence-electron chi connectivity index (χ1n) is 6.08. The highest BCUT2D eigenvalue weighted by molar-refractivity contribution is 5.79. The zero-order valence-electron chi connectivity index (χ0n) is 10.8. The second kappa shape index (κ2) is 4.44. The summed E-state index contributed by atoms with van der Waals surface area (Å²) >= 11 is 0. The van der Waals surface area contributed by atoms with E-state index in [1.807, 2.05) is 38.1 Å². The van der Waals surface area contributed by atoms with Crippen molar-refractivity contribution in [3.8, 4) is 11.3 Å². The summed E-state index contributed by atoms with van der Waals surface area (Å²) in [4.78, 5) is 13.0. The molecule has 0 aliphatic carbocycles. The van der Waals surface area contributed by atoms with Crippen LogP contribution in [-0.2, 0) is 6.54 Å². The van der Waals surface area contributed by atoms with E-state index in [-0.39, 0.29) is 0 Å². The summed E-state index contributed by atoms with van der Waals surface area (Å²) in [6, 6.07) is 7.79. The Bertz CT molecular complexity index is 748. The smallest absolute Gasteiger partial charge is 0.192 e. The van der Waals surface area contributed by atoms with Gasteiger partial charge >= 0.3 is 0 Å². The maximum atomic E-state index is 5.61. The molecule has 0 bridgehead atoms. The Labute approximate surface area is 110 Å². The van der Waals surface area contributed by atoms with Crippen LogP contribution >= 0.6 is 0 Å². The molecule has 2 N–H and O–H groups in total. The number of rotatable bonds is 2. The summed E-state index contributed by atoms with van der Waals surface area (Å²) in [6.45, 7) is 4.10. The molecule has 5 nitrogen and oxygen atoms in total. The van der Waals surface area contributed by atoms with Crippen molar-refractivity contribution in [2.24, 2.45) is 5.73 Å². The molecular formula is C14H14N4O. The van der Waals surface area contributed by atoms with Crippen LogP contribution < -0.4 is 5.73 Å². The second-order valence-electron chi connectivity index (χ2n) is 4.43. The number of benzene rings is 1. The number of nitrogens with zero attached hydrogens (tertiary/aromatic N) is 3. The van der Waals surface area contributed by atoms with Gasteiger partial charge in [0.15, 0.2) is 11.5 Å². The summed E-state index contributed by atoms with van der Waals surface area (Å²) < 4.78 is 5.54. The van der Waals surface area contributed by atoms with E-state index in [0.29, 0.717) is 18.3 Å². The zero-order valence-corrected chi connectivity index (χ0v) is 10.8. The van der Waals surface area contributed by atoms with Gasteiger partial charge in [-0.1, -0.05) is 6.07 Å². The van der Waals surface area contributed by atoms with Crippen LogP contribution in [0.1, 0.15) is 17.4 Å². The quantitative estimate of drug-likeness (QED) is 0.759. The maximum Gasteiger partial charge on any atom is 0.192 e. The highest BCUT2D eigenvalue weighted by atomic mass is 16.3. The largest absolute Gasteiger partial charge is 0.441 e. The fraction of sp³-hybridized carbons (Fsp3) is 0.214. The minimum absolute atomic E-state index is 0.332. The Balaban J connectivity index is 2.15. The van der Waals surface area contributed by atoms with E-state index in [9.17, 15) is 0 Å². The van der Waals surface area contributed by atoms with Gasteiger partial charge < -0.3 is 10.2 Å². The normalized spacial score (nSPS) is 11.1. The van der Waals surface area contributed by atoms with E-state index >= 15 is 0 Å². The van der Waals surface area contributed by atoms with E-state index in [4.69, 9.17) is 10.2 Å². The summed E-state index contributed by atoms with van der Waals surface area (Å²) in [5, 5.41) is 0. The van der Waals surface area contributed by atoms with Gasteiger partial charge in [-0.25, -0.2) is 15.0 Å². The molecule has 0 amide bonds. The van der Waals surface area contributed by atoms with Crippen LogP contribution in [0.15, 0.2) is 28.7 Å². The molecule has 0 radical (unpaired) electrons. The fourth-order valence-electron chi connectivity index (χ4n) is 2.07. The lowest BCUT2D eigenvalue weighted by Gasteiger charge is -2.04. The molecule has 0 aliphatic rings. The minimum atomic E-state index is 0.332. The average molecular weight is 254 g/mol. The number of aromatic nitrogens is 3. The van der Waals surface area contributed by atoms with E-state index in [1.54, 1.807) is 0 Å². The fourth-order valence-corrected chi connectivity index (χ4v) is 2.07. The lowest BCUT2D eigenvalue weighted by Crippen LogP contribution is -2.04. The predicted octanol–water partition coefficient (Wildman–Crippen LogP) is 2.36. The number of hydrogen-bond donors (Lipinski definition) is 1. The molecule has 0 atom stereocenters. The number of nitrogens with two attached hydrogens (primary N) is 1. The van der Waals surface area contributed by atoms with Crippen molar-refractivity contribution in [3.63, 3.8) is 0 Å². The molecule has 2 aromatic heterocycles. The summed E-state index contributed by atoms with van der Waals surface area (Å²) in [6.07, 6.45) is 0. The Kier molecular flexibility index (Phi) is 2.76. The van der Waals surface area contributed by atoms with Gasteiger partial charge in [0, 0.05) is 18.2 Å². The molecule has 19 heavy (non-hydrogen) atoms. The highest BCUT2D eigenvalue weighted by Crippen LogP contribution is 2.24. The van der Waals surface area contributed by atoms with Gasteiger partial charge in [0.25, 0.3) is 0 Å². The number of aryl methyl sites for hydroxylation is 2. The first kappa shape index (κ1) is 11.8. The number of oxazole rings is 1. The third-order valence-corrected chi connectivity index (χ3v) is 2.87. The molecule has 0 aliphatic heterocycles. The molecule has 0 saturated carbocycles. The van der Waals surface area contributed by atoms with E-state index < -0.39 is 0 Å². The Morgan fingerprint density at radius 2 is 1.95 bits per heavy atom. The van der Waals surface area contributed by atoms with E-state index in [2.05, 4.69) is 15.0 Å². The standard InChI is InChI=1S/C14H14N4O/c1-8-5-12(18-14(7-15)16-8)10-3-4-11-13(6-10)19-9(2)17-11/h3-6H,7,15H2,1-2H3. The molecule has 0 spiro atoms. The van der Waals surface area contributed by atoms with Crippen LogP contribution in [0.2, 0.25) is 0 Å². The molecule has 0 saturated heterocycles. The Morgan fingerprint density at radius 3 is 2.74 bits per heavy atom. The van der Waals surface area contributed by atoms with Gasteiger partial charge in [0.1, 0.15) is 11.3 Å². The van der Waals surface area contributed by atoms with Crippen molar-refractivity contribution in [1.29, 1.82) is 0 Å². The van der Waals surface area contributed by atoms with Crippen LogP contribution in [0.25, 0.3) is 22.4 Å². The third kappa shape index (κ3) is 2.20. The van der Waals surface area contributed by atoms with Crippen molar-refractivity contribution < 1.29 is 4.42 Å². The number of fused-ring (bicyclic) bond motifs is 1. The molecule has 5 heteroatoms. The van der Waals surface area contributed by atoms with Crippen molar-refractivity contribution in [2.75, 3.05) is 0 Å². The van der Waals surface area contributed by atoms with Gasteiger partial charge in [0.2, 0.25) is 0 Å². The summed E-state index contributed by atoms with van der Waals surface area (Å²) in [7, 11) is 0. The molecule has 3 rings (SSSR count). The highest BCUT2D eigenvalue weighted by Gasteiger charge is 2.07. The first-order chi connectivity index (χ1) is 9.15. The lowest BCUT2D eigenvalue weighted by molar-refractivity contribution is 0.561. The maximum absolute atomic E-state index is 5.61. The zero-order chi connectivity index (χ0) is 13.4. The van der Waals surface area contributed by atoms with Crippen molar-refractivity contribution in [1.82, 2.24) is 15.0 Å². The van der Waals surface area contributed by atoms with Crippen LogP contribution in [0, 0.1) is 13.8 Å². The van der Waals surface area contributed by atoms with Crippen molar-refractivity contribution in [2.45, 2.75) is 20.4 Å². The van der Waals surface area contributed by atoms with E-state index in [0.717, 1.165) is 28.1 Å². The lowest BCUT2D eigenvalue weighted by atomic mass is 10.1. The molecule has 96 valence electrons. The molecule has 2 heterocycles. The second-order valence-corrected chi connectivity index (χ2v) is 4.43. The van der Waals surface area contributed by atoms with Crippen LogP contribution in [0.3, 0.4) is 0 Å². The van der Waals surface area contributed by atoms with Crippen LogP contribution in [0.5, 0.6) is 0 Å². The molecule has 0 unspecified atom stereocenters. The first-order valence-corrected chi connectivity index (χ1v) is 6.08. The van der Waals surface area contributed by atoms with Crippen LogP contribution in [0.4, 0.5) is 0 Å². The molecule has 0 fully saturated rings. The van der Waals surface area contributed by atoms with Crippen molar-refractivity contribution >= 4 is 11.1 Å². The predicted molar refractivity (Wildman–Crippen MR) is 72.4 cm³/mol. The minimum Gasteiger partial charge on any atom is -0.441 e. The SMILES string of the molecule is Cc1cc(-c2ccc3nc(C)oc3c2)nc(CN)n1. The van der Waals surface area contributed by atoms with Crippen molar-refractivity contribution in [3.05, 3.63) is 41.7 Å². The average Bonchev–Trinajstić information content (AvgIpc) is 2.76. The van der Waals surface area contributed by atoms with Gasteiger partial charge in [0.05, 0.1) is 12.2 Å². The monoisotopic (exact) mass is 254 g/mol. The van der Waals surface area contributed by atoms with Gasteiger partial charge in [-0.2, -0.15) is 0 Å².